The summed E-state index contributed by atoms with van der Waals surface area (Å²) in [5, 5.41) is 7.88. The maximum absolute atomic E-state index is 4.58. The molecule has 0 spiro atoms. The van der Waals surface area contributed by atoms with Gasteiger partial charge in [-0.3, -0.25) is 4.68 Å². The van der Waals surface area contributed by atoms with Gasteiger partial charge in [0, 0.05) is 18.7 Å². The zero-order valence-electron chi connectivity index (χ0n) is 11.2. The number of hydrogen-bond donors (Lipinski definition) is 1. The summed E-state index contributed by atoms with van der Waals surface area (Å²) in [5.41, 5.74) is 1.06. The molecule has 1 N–H and O–H groups in total. The molecule has 1 aromatic heterocycles. The molecule has 4 heteroatoms. The van der Waals surface area contributed by atoms with Crippen molar-refractivity contribution < 1.29 is 0 Å². The van der Waals surface area contributed by atoms with Crippen molar-refractivity contribution in [1.29, 1.82) is 0 Å². The Morgan fingerprint density at radius 1 is 1.28 bits per heavy atom. The topological polar surface area (TPSA) is 42.7 Å². The number of aryl methyl sites for hydroxylation is 1. The fraction of sp³-hybridized carbons (Fsp3) is 0.429. The molecule has 1 aromatic carbocycles. The van der Waals surface area contributed by atoms with Crippen LogP contribution in [0.15, 0.2) is 30.3 Å². The number of nitrogens with one attached hydrogen (secondary N) is 1. The summed E-state index contributed by atoms with van der Waals surface area (Å²) in [5.74, 6) is 1.76. The molecular formula is C14H20N4. The Hall–Kier alpha value is -1.68. The third kappa shape index (κ3) is 2.96. The lowest BCUT2D eigenvalue weighted by Gasteiger charge is -2.09. The molecule has 1 atom stereocenters. The van der Waals surface area contributed by atoms with Crippen LogP contribution in [0.3, 0.4) is 0 Å². The molecule has 0 fully saturated rings. The van der Waals surface area contributed by atoms with Crippen LogP contribution in [-0.4, -0.2) is 20.8 Å². The number of benzene rings is 1. The van der Waals surface area contributed by atoms with Gasteiger partial charge in [-0.15, -0.1) is 0 Å². The van der Waals surface area contributed by atoms with Gasteiger partial charge >= 0.3 is 0 Å². The Kier molecular flexibility index (Phi) is 4.10. The van der Waals surface area contributed by atoms with Crippen molar-refractivity contribution >= 4 is 0 Å². The highest BCUT2D eigenvalue weighted by atomic mass is 15.3. The van der Waals surface area contributed by atoms with Gasteiger partial charge in [-0.1, -0.05) is 37.3 Å². The summed E-state index contributed by atoms with van der Waals surface area (Å²) in [7, 11) is 1.94. The monoisotopic (exact) mass is 244 g/mol. The number of nitrogens with zero attached hydrogens (tertiary/aromatic N) is 3. The average molecular weight is 244 g/mol. The van der Waals surface area contributed by atoms with Crippen molar-refractivity contribution in [3.05, 3.63) is 36.2 Å². The molecule has 18 heavy (non-hydrogen) atoms. The van der Waals surface area contributed by atoms with E-state index in [2.05, 4.69) is 29.2 Å². The van der Waals surface area contributed by atoms with E-state index < -0.39 is 0 Å². The summed E-state index contributed by atoms with van der Waals surface area (Å²) >= 11 is 0. The van der Waals surface area contributed by atoms with Crippen molar-refractivity contribution in [1.82, 2.24) is 20.1 Å². The van der Waals surface area contributed by atoms with Crippen LogP contribution < -0.4 is 5.32 Å². The van der Waals surface area contributed by atoms with Gasteiger partial charge in [0.2, 0.25) is 0 Å². The quantitative estimate of drug-likeness (QED) is 0.878. The largest absolute Gasteiger partial charge is 0.307 e. The van der Waals surface area contributed by atoms with Crippen LogP contribution >= 0.6 is 0 Å². The maximum Gasteiger partial charge on any atom is 0.181 e. The summed E-state index contributed by atoms with van der Waals surface area (Å²) in [4.78, 5) is 4.58. The molecule has 0 bridgehead atoms. The van der Waals surface area contributed by atoms with Crippen molar-refractivity contribution in [2.75, 3.05) is 0 Å². The summed E-state index contributed by atoms with van der Waals surface area (Å²) in [6.07, 6.45) is 1.11. The highest BCUT2D eigenvalue weighted by Crippen LogP contribution is 2.14. The molecule has 0 radical (unpaired) electrons. The summed E-state index contributed by atoms with van der Waals surface area (Å²) in [6.45, 7) is 5.10. The van der Waals surface area contributed by atoms with Gasteiger partial charge in [-0.2, -0.15) is 5.10 Å². The molecule has 2 rings (SSSR count). The first-order chi connectivity index (χ1) is 8.70. The second-order valence-electron chi connectivity index (χ2n) is 4.53. The highest BCUT2D eigenvalue weighted by molar-refractivity contribution is 5.53. The highest BCUT2D eigenvalue weighted by Gasteiger charge is 2.09. The minimum atomic E-state index is 0.502. The smallest absolute Gasteiger partial charge is 0.181 e. The van der Waals surface area contributed by atoms with Gasteiger partial charge in [0.1, 0.15) is 5.82 Å². The van der Waals surface area contributed by atoms with Gasteiger partial charge in [-0.25, -0.2) is 4.98 Å². The van der Waals surface area contributed by atoms with E-state index in [9.17, 15) is 0 Å². The van der Waals surface area contributed by atoms with E-state index in [1.165, 1.54) is 0 Å². The average Bonchev–Trinajstić information content (AvgIpc) is 2.78. The van der Waals surface area contributed by atoms with Gasteiger partial charge in [-0.05, 0) is 13.3 Å². The lowest BCUT2D eigenvalue weighted by Crippen LogP contribution is -2.26. The predicted octanol–water partition coefficient (Wildman–Crippen LogP) is 2.37. The van der Waals surface area contributed by atoms with E-state index in [-0.39, 0.29) is 0 Å². The normalized spacial score (nSPS) is 12.6. The maximum atomic E-state index is 4.58. The van der Waals surface area contributed by atoms with Crippen LogP contribution in [0.2, 0.25) is 0 Å². The Morgan fingerprint density at radius 2 is 2.00 bits per heavy atom. The van der Waals surface area contributed by atoms with Crippen LogP contribution in [0.25, 0.3) is 11.4 Å². The van der Waals surface area contributed by atoms with E-state index in [0.717, 1.165) is 30.2 Å². The summed E-state index contributed by atoms with van der Waals surface area (Å²) in [6, 6.07) is 10.6. The summed E-state index contributed by atoms with van der Waals surface area (Å²) < 4.78 is 1.84. The standard InChI is InChI=1S/C14H20N4/c1-4-11(2)15-10-13-16-14(17-18(13)3)12-8-6-5-7-9-12/h5-9,11,15H,4,10H2,1-3H3. The van der Waals surface area contributed by atoms with Gasteiger partial charge < -0.3 is 5.32 Å². The fourth-order valence-electron chi connectivity index (χ4n) is 1.69. The zero-order chi connectivity index (χ0) is 13.0. The number of hydrogen-bond acceptors (Lipinski definition) is 3. The Bertz CT molecular complexity index is 490. The third-order valence-corrected chi connectivity index (χ3v) is 3.11. The minimum Gasteiger partial charge on any atom is -0.307 e. The Labute approximate surface area is 108 Å². The predicted molar refractivity (Wildman–Crippen MR) is 73.0 cm³/mol. The molecule has 0 saturated heterocycles. The minimum absolute atomic E-state index is 0.502. The molecular weight excluding hydrogens is 224 g/mol. The number of aromatic nitrogens is 3. The SMILES string of the molecule is CCC(C)NCc1nc(-c2ccccc2)nn1C. The van der Waals surface area contributed by atoms with Crippen molar-refractivity contribution in [3.63, 3.8) is 0 Å². The van der Waals surface area contributed by atoms with Crippen LogP contribution in [0.4, 0.5) is 0 Å². The van der Waals surface area contributed by atoms with E-state index >= 15 is 0 Å². The first kappa shape index (κ1) is 12.8. The Morgan fingerprint density at radius 3 is 2.67 bits per heavy atom. The van der Waals surface area contributed by atoms with E-state index in [0.29, 0.717) is 6.04 Å². The molecule has 2 aromatic rings. The second kappa shape index (κ2) is 5.78. The van der Waals surface area contributed by atoms with Crippen molar-refractivity contribution in [2.45, 2.75) is 32.9 Å². The first-order valence-electron chi connectivity index (χ1n) is 6.39. The molecule has 0 aliphatic carbocycles. The third-order valence-electron chi connectivity index (χ3n) is 3.11. The van der Waals surface area contributed by atoms with Gasteiger partial charge in [0.25, 0.3) is 0 Å². The van der Waals surface area contributed by atoms with Gasteiger partial charge in [0.15, 0.2) is 5.82 Å². The number of rotatable bonds is 5. The second-order valence-corrected chi connectivity index (χ2v) is 4.53. The van der Waals surface area contributed by atoms with E-state index in [4.69, 9.17) is 0 Å². The molecule has 0 aliphatic heterocycles. The van der Waals surface area contributed by atoms with Crippen molar-refractivity contribution in [3.8, 4) is 11.4 Å². The van der Waals surface area contributed by atoms with Crippen LogP contribution in [0.1, 0.15) is 26.1 Å². The molecule has 1 heterocycles. The van der Waals surface area contributed by atoms with E-state index in [1.54, 1.807) is 0 Å². The Balaban J connectivity index is 2.12. The molecule has 96 valence electrons. The molecule has 0 aliphatic rings. The van der Waals surface area contributed by atoms with Crippen LogP contribution in [0, 0.1) is 0 Å². The van der Waals surface area contributed by atoms with Crippen LogP contribution in [-0.2, 0) is 13.6 Å². The van der Waals surface area contributed by atoms with Crippen molar-refractivity contribution in [2.24, 2.45) is 7.05 Å². The first-order valence-corrected chi connectivity index (χ1v) is 6.39. The molecule has 0 saturated carbocycles. The van der Waals surface area contributed by atoms with Crippen LogP contribution in [0.5, 0.6) is 0 Å². The lowest BCUT2D eigenvalue weighted by atomic mass is 10.2. The zero-order valence-corrected chi connectivity index (χ0v) is 11.2. The lowest BCUT2D eigenvalue weighted by molar-refractivity contribution is 0.510. The molecule has 4 nitrogen and oxygen atoms in total. The van der Waals surface area contributed by atoms with Gasteiger partial charge in [0.05, 0.1) is 6.54 Å². The van der Waals surface area contributed by atoms with E-state index in [1.807, 2.05) is 42.1 Å². The molecule has 0 amide bonds. The fourth-order valence-corrected chi connectivity index (χ4v) is 1.69. The molecule has 1 unspecified atom stereocenters.